The van der Waals surface area contributed by atoms with Gasteiger partial charge in [-0.1, -0.05) is 63.4 Å². The summed E-state index contributed by atoms with van der Waals surface area (Å²) in [5.41, 5.74) is 7.93. The van der Waals surface area contributed by atoms with Crippen LogP contribution >= 0.6 is 0 Å². The normalized spacial score (nSPS) is 29.1. The Morgan fingerprint density at radius 3 is 2.42 bits per heavy atom. The van der Waals surface area contributed by atoms with Gasteiger partial charge >= 0.3 is 12.1 Å². The van der Waals surface area contributed by atoms with Gasteiger partial charge in [0.1, 0.15) is 23.4 Å². The third kappa shape index (κ3) is 12.9. The summed E-state index contributed by atoms with van der Waals surface area (Å²) in [6, 6.07) is 13.1. The minimum atomic E-state index is -4.61. The number of hydrogen-bond donors (Lipinski definition) is 2. The largest absolute Gasteiger partial charge is 0.597 e. The van der Waals surface area contributed by atoms with Crippen molar-refractivity contribution in [2.24, 2.45) is 22.7 Å². The number of aromatic nitrogens is 2. The molecule has 3 amide bonds. The number of hydrogen-bond acceptors (Lipinski definition) is 13. The van der Waals surface area contributed by atoms with Gasteiger partial charge in [0.25, 0.3) is 5.91 Å². The van der Waals surface area contributed by atoms with E-state index in [0.717, 1.165) is 113 Å². The van der Waals surface area contributed by atoms with Crippen molar-refractivity contribution in [3.05, 3.63) is 71.5 Å². The van der Waals surface area contributed by atoms with Crippen LogP contribution in [0.5, 0.6) is 0 Å². The zero-order valence-corrected chi connectivity index (χ0v) is 54.6. The fourth-order valence-corrected chi connectivity index (χ4v) is 18.1. The lowest BCUT2D eigenvalue weighted by Gasteiger charge is -2.45. The summed E-state index contributed by atoms with van der Waals surface area (Å²) in [4.78, 5) is 73.8. The first-order chi connectivity index (χ1) is 42.9. The fourth-order valence-electron chi connectivity index (χ4n) is 16.6. The van der Waals surface area contributed by atoms with E-state index in [1.807, 2.05) is 99.4 Å². The summed E-state index contributed by atoms with van der Waals surface area (Å²) in [6.07, 6.45) is 8.92. The molecule has 13 rings (SSSR count). The molecule has 2 aromatic heterocycles. The molecule has 1 spiro atoms. The number of piperidine rings is 1. The molecule has 488 valence electrons. The predicted molar refractivity (Wildman–Crippen MR) is 341 cm³/mol. The molecule has 4 aromatic rings. The van der Waals surface area contributed by atoms with E-state index in [2.05, 4.69) is 25.4 Å². The number of ether oxygens (including phenoxy) is 2. The van der Waals surface area contributed by atoms with Gasteiger partial charge in [-0.2, -0.15) is 13.2 Å². The van der Waals surface area contributed by atoms with Crippen molar-refractivity contribution in [2.45, 2.75) is 198 Å². The molecule has 8 fully saturated rings. The van der Waals surface area contributed by atoms with Crippen molar-refractivity contribution in [3.63, 3.8) is 0 Å². The second kappa shape index (κ2) is 24.9. The molecular formula is C69H93F3N10O7S. The molecule has 10 atom stereocenters. The van der Waals surface area contributed by atoms with Crippen molar-refractivity contribution in [1.82, 2.24) is 44.3 Å². The van der Waals surface area contributed by atoms with Crippen LogP contribution in [0.15, 0.2) is 54.7 Å². The highest BCUT2D eigenvalue weighted by atomic mass is 32.2. The quantitative estimate of drug-likeness (QED) is 0.0782. The molecule has 2 unspecified atom stereocenters. The van der Waals surface area contributed by atoms with E-state index in [1.165, 1.54) is 16.0 Å². The molecule has 2 aromatic carbocycles. The number of methoxy groups -OCH3 is 1. The lowest BCUT2D eigenvalue weighted by atomic mass is 9.84. The number of nitrogens with one attached hydrogen (secondary N) is 2. The first kappa shape index (κ1) is 63.5. The number of cyclic esters (lactones) is 1. The van der Waals surface area contributed by atoms with E-state index in [4.69, 9.17) is 14.5 Å². The lowest BCUT2D eigenvalue weighted by molar-refractivity contribution is -0.155. The van der Waals surface area contributed by atoms with E-state index in [-0.39, 0.29) is 60.6 Å². The van der Waals surface area contributed by atoms with E-state index in [9.17, 15) is 14.1 Å². The number of likely N-dealkylation sites (tertiary alicyclic amines) is 2. The summed E-state index contributed by atoms with van der Waals surface area (Å²) in [6.45, 7) is 16.8. The van der Waals surface area contributed by atoms with E-state index < -0.39 is 64.4 Å². The van der Waals surface area contributed by atoms with Gasteiger partial charge in [0, 0.05) is 104 Å². The molecule has 7 aliphatic heterocycles. The van der Waals surface area contributed by atoms with Gasteiger partial charge in [-0.25, -0.2) is 5.43 Å². The van der Waals surface area contributed by atoms with Crippen LogP contribution in [0.3, 0.4) is 0 Å². The predicted octanol–water partition coefficient (Wildman–Crippen LogP) is 9.37. The summed E-state index contributed by atoms with van der Waals surface area (Å²) >= 11 is -1.28. The Balaban J connectivity index is 0.833. The fraction of sp³-hybridized carbons (Fsp3) is 0.667. The Morgan fingerprint density at radius 2 is 1.67 bits per heavy atom. The van der Waals surface area contributed by atoms with Gasteiger partial charge in [-0.05, 0) is 164 Å². The molecule has 90 heavy (non-hydrogen) atoms. The number of pyridine rings is 1. The number of halogens is 3. The second-order valence-electron chi connectivity index (χ2n) is 29.8. The van der Waals surface area contributed by atoms with Crippen LogP contribution in [0.2, 0.25) is 0 Å². The molecule has 2 aliphatic carbocycles. The number of nitrogens with zero attached hydrogens (tertiary/aromatic N) is 8. The van der Waals surface area contributed by atoms with Gasteiger partial charge in [0.05, 0.1) is 48.1 Å². The molecular weight excluding hydrogens is 1170 g/mol. The first-order valence-electron chi connectivity index (χ1n) is 33.6. The number of fused-ring (bicyclic) bond motifs is 7. The van der Waals surface area contributed by atoms with E-state index in [0.29, 0.717) is 90.9 Å². The molecule has 6 saturated heterocycles. The number of esters is 1. The maximum atomic E-state index is 15.5. The van der Waals surface area contributed by atoms with Crippen LogP contribution in [-0.2, 0) is 59.4 Å². The van der Waals surface area contributed by atoms with Crippen LogP contribution in [-0.4, -0.2) is 182 Å². The maximum absolute atomic E-state index is 15.5. The number of anilines is 1. The Bertz CT molecular complexity index is 3360. The zero-order chi connectivity index (χ0) is 63.2. The number of alkyl halides is 3. The maximum Gasteiger partial charge on any atom is 0.406 e. The third-order valence-corrected chi connectivity index (χ3v) is 23.4. The van der Waals surface area contributed by atoms with Crippen LogP contribution in [0, 0.1) is 22.7 Å². The topological polar surface area (TPSA) is 171 Å². The van der Waals surface area contributed by atoms with Crippen molar-refractivity contribution in [1.29, 1.82) is 0 Å². The highest BCUT2D eigenvalue weighted by Gasteiger charge is 2.68. The highest BCUT2D eigenvalue weighted by molar-refractivity contribution is 7.90. The van der Waals surface area contributed by atoms with Crippen molar-refractivity contribution in [3.8, 4) is 22.4 Å². The van der Waals surface area contributed by atoms with Gasteiger partial charge in [0.2, 0.25) is 11.8 Å². The van der Waals surface area contributed by atoms with E-state index in [1.54, 1.807) is 13.2 Å². The van der Waals surface area contributed by atoms with Crippen LogP contribution in [0.25, 0.3) is 33.3 Å². The van der Waals surface area contributed by atoms with Crippen molar-refractivity contribution < 1.29 is 46.4 Å². The average Bonchev–Trinajstić information content (AvgIpc) is 1.56. The molecule has 9 aliphatic rings. The molecule has 17 nitrogen and oxygen atoms in total. The Hall–Kier alpha value is -5.29. The number of piperazine rings is 1. The zero-order valence-electron chi connectivity index (χ0n) is 53.8. The Morgan fingerprint density at radius 1 is 0.900 bits per heavy atom. The minimum Gasteiger partial charge on any atom is -0.597 e. The van der Waals surface area contributed by atoms with E-state index >= 15 is 22.8 Å². The van der Waals surface area contributed by atoms with Crippen molar-refractivity contribution >= 4 is 51.6 Å². The third-order valence-electron chi connectivity index (χ3n) is 21.5. The molecule has 2 saturated carbocycles. The van der Waals surface area contributed by atoms with Gasteiger partial charge in [-0.15, -0.1) is 4.31 Å². The average molecular weight is 1260 g/mol. The number of carbonyl (C=O) groups excluding carboxylic acids is 4. The number of hydrazine groups is 1. The molecule has 2 N–H and O–H groups in total. The van der Waals surface area contributed by atoms with Gasteiger partial charge in [0.15, 0.2) is 6.04 Å². The molecule has 0 radical (unpaired) electrons. The van der Waals surface area contributed by atoms with Crippen LogP contribution in [0.4, 0.5) is 18.9 Å². The van der Waals surface area contributed by atoms with Crippen LogP contribution in [0.1, 0.15) is 148 Å². The summed E-state index contributed by atoms with van der Waals surface area (Å²) < 4.78 is 74.8. The molecule has 9 heterocycles. The van der Waals surface area contributed by atoms with Crippen molar-refractivity contribution in [2.75, 3.05) is 77.5 Å². The number of amides is 3. The highest BCUT2D eigenvalue weighted by Crippen LogP contribution is 2.53. The smallest absolute Gasteiger partial charge is 0.406 e. The summed E-state index contributed by atoms with van der Waals surface area (Å²) in [5.74, 6) is -0.564. The van der Waals surface area contributed by atoms with Crippen LogP contribution < -0.4 is 15.6 Å². The standard InChI is InChI=1S/C69H93F3N10O7S/c1-43(88-7)57-52(35-50(37-73-57)77-31-30-76-26-11-10-18-49(76)38-77)60-53-36-67(5,6)42-89-65(86)54-19-13-27-81(75-54)63(84)55(33-44-14-12-17-47(32-44)48-22-23-56(51(53)34-48)80(60)41-69(70,71)72)74-62(83)59(45-15-8-9-16-45)78-28-24-68(39-78)25-29-79(40-68)64(85)61-58(46-20-21-46)82(61)90(87)66(2,3)4/h12,14,17,22-23,32,34-35,37,43,45-46,49,54-55,58-59,61,75H,8-11,13,15-16,18-21,24-31,33,36,38-42H2,1-7H3,(H,74,83)/t43-,49+,54-,55-,58+,59-,61+,68-,82?,90?/m0/s1. The second-order valence-corrected chi connectivity index (χ2v) is 32.0. The Kier molecular flexibility index (Phi) is 17.5. The summed E-state index contributed by atoms with van der Waals surface area (Å²) in [5, 5.41) is 5.44. The van der Waals surface area contributed by atoms with Gasteiger partial charge < -0.3 is 33.7 Å². The molecule has 6 bridgehead atoms. The monoisotopic (exact) mass is 1260 g/mol. The summed E-state index contributed by atoms with van der Waals surface area (Å²) in [7, 11) is 1.58. The molecule has 21 heteroatoms. The SMILES string of the molecule is CO[C@@H](C)c1ncc(N2CCN3CCCC[C@@H]3C2)cc1-c1c2c3cc(ccc3n1CC(F)(F)F)-c1cccc(c1)C[C@H](NC(=O)[C@H](C1CCCC1)N1CC[C@]3(CCN(C(=O)[C@H]4[C@@H](C5CC5)N4[S+]([O-])C(C)(C)C)C3)C1)C(=O)N1CCC[C@H](N1)C(=O)OCC(C)(C)C2. The lowest BCUT2D eigenvalue weighted by Crippen LogP contribution is -2.62. The number of carbonyl (C=O) groups is 4. The minimum absolute atomic E-state index is 0.0316. The Labute approximate surface area is 531 Å². The first-order valence-corrected chi connectivity index (χ1v) is 34.7. The number of rotatable bonds is 12. The number of benzene rings is 2. The van der Waals surface area contributed by atoms with Gasteiger partial charge in [-0.3, -0.25) is 39.0 Å².